The average Bonchev–Trinajstić information content (AvgIpc) is 2.88. The highest BCUT2D eigenvalue weighted by Gasteiger charge is 2.14. The highest BCUT2D eigenvalue weighted by atomic mass is 16.5. The van der Waals surface area contributed by atoms with E-state index in [2.05, 4.69) is 12.2 Å². The van der Waals surface area contributed by atoms with Gasteiger partial charge in [-0.3, -0.25) is 9.59 Å². The van der Waals surface area contributed by atoms with E-state index in [9.17, 15) is 14.4 Å². The van der Waals surface area contributed by atoms with Crippen molar-refractivity contribution in [3.05, 3.63) is 59.7 Å². The molecule has 0 fully saturated rings. The van der Waals surface area contributed by atoms with Crippen LogP contribution in [0.5, 0.6) is 11.5 Å². The maximum absolute atomic E-state index is 12.5. The molecule has 1 N–H and O–H groups in total. The summed E-state index contributed by atoms with van der Waals surface area (Å²) in [5.74, 6) is -0.0104. The number of carbonyl (C=O) groups excluding carboxylic acids is 3. The van der Waals surface area contributed by atoms with Crippen LogP contribution in [0.15, 0.2) is 48.5 Å². The molecule has 2 aromatic rings. The molecule has 0 radical (unpaired) electrons. The molecule has 0 aliphatic heterocycles. The molecule has 2 aromatic carbocycles. The number of nitrogens with zero attached hydrogens (tertiary/aromatic N) is 1. The van der Waals surface area contributed by atoms with E-state index in [1.54, 1.807) is 47.4 Å². The van der Waals surface area contributed by atoms with E-state index in [4.69, 9.17) is 14.2 Å². The quantitative estimate of drug-likeness (QED) is 0.226. The molecular weight excluding hydrogens is 460 g/mol. The van der Waals surface area contributed by atoms with E-state index < -0.39 is 18.5 Å². The lowest BCUT2D eigenvalue weighted by Crippen LogP contribution is -2.30. The second-order valence-electron chi connectivity index (χ2n) is 7.89. The minimum Gasteiger partial charge on any atom is -0.490 e. The molecule has 0 heterocycles. The van der Waals surface area contributed by atoms with Crippen molar-refractivity contribution < 1.29 is 28.6 Å². The van der Waals surface area contributed by atoms with Crippen LogP contribution < -0.4 is 14.8 Å². The van der Waals surface area contributed by atoms with Crippen molar-refractivity contribution in [3.63, 3.8) is 0 Å². The summed E-state index contributed by atoms with van der Waals surface area (Å²) in [6.07, 6.45) is 4.82. The van der Waals surface area contributed by atoms with Gasteiger partial charge < -0.3 is 24.4 Å². The maximum Gasteiger partial charge on any atom is 0.331 e. The van der Waals surface area contributed by atoms with Crippen LogP contribution in [0.25, 0.3) is 6.08 Å². The van der Waals surface area contributed by atoms with Crippen LogP contribution >= 0.6 is 0 Å². The van der Waals surface area contributed by atoms with Gasteiger partial charge >= 0.3 is 5.97 Å². The van der Waals surface area contributed by atoms with E-state index >= 15 is 0 Å². The van der Waals surface area contributed by atoms with Crippen molar-refractivity contribution in [2.45, 2.75) is 40.5 Å². The van der Waals surface area contributed by atoms with Gasteiger partial charge in [-0.2, -0.15) is 0 Å². The lowest BCUT2D eigenvalue weighted by atomic mass is 10.1. The molecule has 0 aliphatic rings. The second-order valence-corrected chi connectivity index (χ2v) is 7.89. The third kappa shape index (κ3) is 9.09. The second kappa shape index (κ2) is 15.2. The molecule has 8 nitrogen and oxygen atoms in total. The molecule has 36 heavy (non-hydrogen) atoms. The number of hydrogen-bond donors (Lipinski definition) is 1. The zero-order valence-electron chi connectivity index (χ0n) is 21.5. The van der Waals surface area contributed by atoms with Crippen molar-refractivity contribution >= 4 is 29.5 Å². The van der Waals surface area contributed by atoms with Gasteiger partial charge in [0.1, 0.15) is 0 Å². The average molecular weight is 497 g/mol. The normalized spacial score (nSPS) is 10.7. The fourth-order valence-electron chi connectivity index (χ4n) is 3.31. The molecule has 8 heteroatoms. The van der Waals surface area contributed by atoms with Gasteiger partial charge in [0.2, 0.25) is 0 Å². The number of esters is 1. The summed E-state index contributed by atoms with van der Waals surface area (Å²) < 4.78 is 16.5. The molecular formula is C28H36N2O6. The topological polar surface area (TPSA) is 94.2 Å². The van der Waals surface area contributed by atoms with Crippen LogP contribution in [0.2, 0.25) is 0 Å². The maximum atomic E-state index is 12.5. The number of rotatable bonds is 14. The largest absolute Gasteiger partial charge is 0.490 e. The van der Waals surface area contributed by atoms with Gasteiger partial charge in [-0.05, 0) is 69.2 Å². The van der Waals surface area contributed by atoms with E-state index in [1.807, 2.05) is 26.8 Å². The highest BCUT2D eigenvalue weighted by molar-refractivity contribution is 5.98. The number of hydrogen-bond acceptors (Lipinski definition) is 6. The van der Waals surface area contributed by atoms with Gasteiger partial charge in [0.05, 0.1) is 13.2 Å². The Morgan fingerprint density at radius 3 is 2.42 bits per heavy atom. The summed E-state index contributed by atoms with van der Waals surface area (Å²) >= 11 is 0. The molecule has 0 saturated heterocycles. The predicted octanol–water partition coefficient (Wildman–Crippen LogP) is 4.94. The third-order valence-corrected chi connectivity index (χ3v) is 5.22. The summed E-state index contributed by atoms with van der Waals surface area (Å²) in [6, 6.07) is 12.1. The van der Waals surface area contributed by atoms with Gasteiger partial charge in [0.15, 0.2) is 18.1 Å². The van der Waals surface area contributed by atoms with Crippen molar-refractivity contribution in [2.75, 3.05) is 38.2 Å². The number of anilines is 1. The van der Waals surface area contributed by atoms with Gasteiger partial charge in [0, 0.05) is 30.4 Å². The van der Waals surface area contributed by atoms with Gasteiger partial charge in [0.25, 0.3) is 11.8 Å². The van der Waals surface area contributed by atoms with Gasteiger partial charge in [-0.15, -0.1) is 0 Å². The van der Waals surface area contributed by atoms with Crippen molar-refractivity contribution in [1.29, 1.82) is 0 Å². The van der Waals surface area contributed by atoms with E-state index in [1.165, 1.54) is 6.08 Å². The molecule has 194 valence electrons. The lowest BCUT2D eigenvalue weighted by Gasteiger charge is -2.19. The zero-order chi connectivity index (χ0) is 26.3. The summed E-state index contributed by atoms with van der Waals surface area (Å²) in [6.45, 7) is 9.64. The monoisotopic (exact) mass is 496 g/mol. The zero-order valence-corrected chi connectivity index (χ0v) is 21.5. The van der Waals surface area contributed by atoms with Crippen molar-refractivity contribution in [2.24, 2.45) is 0 Å². The molecule has 0 aliphatic carbocycles. The van der Waals surface area contributed by atoms with Crippen LogP contribution in [0.4, 0.5) is 5.69 Å². The Hall–Kier alpha value is -3.81. The fourth-order valence-corrected chi connectivity index (χ4v) is 3.31. The number of amides is 2. The first kappa shape index (κ1) is 28.4. The number of unbranched alkanes of at least 4 members (excludes halogenated alkanes) is 1. The fraction of sp³-hybridized carbons (Fsp3) is 0.393. The van der Waals surface area contributed by atoms with Crippen LogP contribution in [-0.2, 0) is 14.3 Å². The Labute approximate surface area is 213 Å². The molecule has 2 amide bonds. The van der Waals surface area contributed by atoms with Crippen LogP contribution in [0.3, 0.4) is 0 Å². The third-order valence-electron chi connectivity index (χ3n) is 5.22. The van der Waals surface area contributed by atoms with Crippen molar-refractivity contribution in [3.8, 4) is 11.5 Å². The lowest BCUT2D eigenvalue weighted by molar-refractivity contribution is -0.142. The van der Waals surface area contributed by atoms with E-state index in [0.29, 0.717) is 49.1 Å². The minimum atomic E-state index is -0.656. The smallest absolute Gasteiger partial charge is 0.331 e. The number of benzene rings is 2. The van der Waals surface area contributed by atoms with E-state index in [0.717, 1.165) is 18.4 Å². The summed E-state index contributed by atoms with van der Waals surface area (Å²) in [5.41, 5.74) is 1.66. The molecule has 0 unspecified atom stereocenters. The van der Waals surface area contributed by atoms with Crippen molar-refractivity contribution in [1.82, 2.24) is 4.90 Å². The van der Waals surface area contributed by atoms with Crippen LogP contribution in [0.1, 0.15) is 56.5 Å². The first-order valence-corrected chi connectivity index (χ1v) is 12.3. The first-order valence-electron chi connectivity index (χ1n) is 12.3. The minimum absolute atomic E-state index is 0.110. The molecule has 0 saturated carbocycles. The Morgan fingerprint density at radius 2 is 1.72 bits per heavy atom. The molecule has 0 spiro atoms. The first-order chi connectivity index (χ1) is 17.4. The summed E-state index contributed by atoms with van der Waals surface area (Å²) in [5, 5.41) is 2.65. The Morgan fingerprint density at radius 1 is 0.944 bits per heavy atom. The van der Waals surface area contributed by atoms with Crippen LogP contribution in [0, 0.1) is 0 Å². The number of carbonyl (C=O) groups is 3. The predicted molar refractivity (Wildman–Crippen MR) is 140 cm³/mol. The summed E-state index contributed by atoms with van der Waals surface area (Å²) in [7, 11) is 0. The van der Waals surface area contributed by atoms with Gasteiger partial charge in [-0.25, -0.2) is 4.79 Å². The molecule has 0 atom stereocenters. The molecule has 2 rings (SSSR count). The number of ether oxygens (including phenoxy) is 3. The van der Waals surface area contributed by atoms with Crippen LogP contribution in [-0.4, -0.2) is 55.6 Å². The molecule has 0 aromatic heterocycles. The highest BCUT2D eigenvalue weighted by Crippen LogP contribution is 2.29. The Kier molecular flexibility index (Phi) is 12.0. The summed E-state index contributed by atoms with van der Waals surface area (Å²) in [4.78, 5) is 38.6. The molecule has 0 bridgehead atoms. The van der Waals surface area contributed by atoms with E-state index in [-0.39, 0.29) is 5.91 Å². The SMILES string of the molecule is CCCCOc1ccc(/C=C/C(=O)OCC(=O)Nc2cccc(C(=O)N(CC)CC)c2)cc1OCC. The standard InChI is InChI=1S/C28H36N2O6/c1-5-9-17-35-24-15-13-21(18-25(24)34-8-4)14-16-27(32)36-20-26(31)29-23-12-10-11-22(19-23)28(33)30(6-2)7-3/h10-16,18-19H,5-9,17,20H2,1-4H3,(H,29,31)/b16-14+. The Balaban J connectivity index is 1.91. The van der Waals surface area contributed by atoms with Gasteiger partial charge in [-0.1, -0.05) is 25.5 Å². The number of nitrogens with one attached hydrogen (secondary N) is 1. The Bertz CT molecular complexity index is 1050.